The highest BCUT2D eigenvalue weighted by molar-refractivity contribution is 5.77. The largest absolute Gasteiger partial charge is 0.506 e. The Kier molecular flexibility index (Phi) is 2.00. The van der Waals surface area contributed by atoms with Crippen LogP contribution < -0.4 is 10.2 Å². The van der Waals surface area contributed by atoms with Gasteiger partial charge in [0.25, 0.3) is 0 Å². The van der Waals surface area contributed by atoms with Crippen molar-refractivity contribution in [1.29, 1.82) is 0 Å². The number of likely N-dealkylation sites (N-methyl/N-ethyl adjacent to an activating group) is 1. The van der Waals surface area contributed by atoms with Crippen LogP contribution in [0.25, 0.3) is 0 Å². The summed E-state index contributed by atoms with van der Waals surface area (Å²) >= 11 is 0. The molecule has 3 heteroatoms. The molecule has 3 nitrogen and oxygen atoms in total. The van der Waals surface area contributed by atoms with E-state index in [9.17, 15) is 5.11 Å². The van der Waals surface area contributed by atoms with Crippen molar-refractivity contribution in [3.8, 4) is 5.75 Å². The Bertz CT molecular complexity index is 312. The van der Waals surface area contributed by atoms with Crippen LogP contribution in [0.4, 0.5) is 11.4 Å². The van der Waals surface area contributed by atoms with Crippen LogP contribution in [0.1, 0.15) is 6.92 Å². The fourth-order valence-electron chi connectivity index (χ4n) is 1.74. The first-order chi connectivity index (χ1) is 6.33. The molecule has 0 spiro atoms. The molecule has 13 heavy (non-hydrogen) atoms. The Labute approximate surface area is 78.0 Å². The molecule has 0 aliphatic carbocycles. The maximum absolute atomic E-state index is 9.58. The first-order valence-electron chi connectivity index (χ1n) is 4.63. The Morgan fingerprint density at radius 3 is 3.15 bits per heavy atom. The minimum absolute atomic E-state index is 0.343. The highest BCUT2D eigenvalue weighted by atomic mass is 16.3. The van der Waals surface area contributed by atoms with E-state index in [1.165, 1.54) is 0 Å². The second-order valence-electron chi connectivity index (χ2n) is 3.18. The molecule has 1 aromatic rings. The summed E-state index contributed by atoms with van der Waals surface area (Å²) in [5, 5.41) is 12.8. The van der Waals surface area contributed by atoms with E-state index in [-0.39, 0.29) is 0 Å². The first-order valence-corrected chi connectivity index (χ1v) is 4.63. The fraction of sp³-hybridized carbons (Fsp3) is 0.400. The standard InChI is InChI=1S/C10H14N2O/c1-2-12-7-6-11-10-8(12)4-3-5-9(10)13/h3-5,11,13H,2,6-7H2,1H3. The summed E-state index contributed by atoms with van der Waals surface area (Å²) in [5.74, 6) is 0.343. The molecule has 1 aliphatic heterocycles. The average Bonchev–Trinajstić information content (AvgIpc) is 2.18. The van der Waals surface area contributed by atoms with Gasteiger partial charge in [0.05, 0.1) is 5.69 Å². The van der Waals surface area contributed by atoms with E-state index in [1.54, 1.807) is 6.07 Å². The molecule has 0 radical (unpaired) electrons. The summed E-state index contributed by atoms with van der Waals surface area (Å²) in [5.41, 5.74) is 1.98. The summed E-state index contributed by atoms with van der Waals surface area (Å²) in [4.78, 5) is 2.26. The Morgan fingerprint density at radius 2 is 2.38 bits per heavy atom. The van der Waals surface area contributed by atoms with E-state index < -0.39 is 0 Å². The lowest BCUT2D eigenvalue weighted by Gasteiger charge is -2.31. The third kappa shape index (κ3) is 1.30. The van der Waals surface area contributed by atoms with Crippen molar-refractivity contribution in [2.75, 3.05) is 29.9 Å². The lowest BCUT2D eigenvalue weighted by Crippen LogP contribution is -2.33. The molecule has 2 rings (SSSR count). The van der Waals surface area contributed by atoms with Crippen molar-refractivity contribution in [2.45, 2.75) is 6.92 Å². The molecular formula is C10H14N2O. The van der Waals surface area contributed by atoms with E-state index in [4.69, 9.17) is 0 Å². The zero-order valence-electron chi connectivity index (χ0n) is 7.75. The third-order valence-electron chi connectivity index (χ3n) is 2.43. The van der Waals surface area contributed by atoms with Gasteiger partial charge in [0.15, 0.2) is 0 Å². The molecule has 0 fully saturated rings. The summed E-state index contributed by atoms with van der Waals surface area (Å²) in [6.45, 7) is 5.02. The van der Waals surface area contributed by atoms with E-state index >= 15 is 0 Å². The number of rotatable bonds is 1. The molecular weight excluding hydrogens is 164 g/mol. The van der Waals surface area contributed by atoms with Gasteiger partial charge in [-0.2, -0.15) is 0 Å². The summed E-state index contributed by atoms with van der Waals surface area (Å²) in [7, 11) is 0. The summed E-state index contributed by atoms with van der Waals surface area (Å²) in [6, 6.07) is 5.62. The van der Waals surface area contributed by atoms with Gasteiger partial charge in [0.2, 0.25) is 0 Å². The van der Waals surface area contributed by atoms with Crippen LogP contribution in [0, 0.1) is 0 Å². The number of nitrogens with one attached hydrogen (secondary N) is 1. The van der Waals surface area contributed by atoms with Crippen LogP contribution in [0.15, 0.2) is 18.2 Å². The van der Waals surface area contributed by atoms with Crippen molar-refractivity contribution in [3.63, 3.8) is 0 Å². The molecule has 1 aliphatic rings. The number of phenolic OH excluding ortho intramolecular Hbond substituents is 1. The van der Waals surface area contributed by atoms with Crippen LogP contribution in [0.2, 0.25) is 0 Å². The number of hydrogen-bond acceptors (Lipinski definition) is 3. The van der Waals surface area contributed by atoms with Crippen molar-refractivity contribution < 1.29 is 5.11 Å². The zero-order valence-corrected chi connectivity index (χ0v) is 7.75. The van der Waals surface area contributed by atoms with Gasteiger partial charge < -0.3 is 15.3 Å². The maximum atomic E-state index is 9.58. The summed E-state index contributed by atoms with van der Waals surface area (Å²) in [6.07, 6.45) is 0. The second-order valence-corrected chi connectivity index (χ2v) is 3.18. The first kappa shape index (κ1) is 8.23. The molecule has 0 bridgehead atoms. The predicted molar refractivity (Wildman–Crippen MR) is 54.5 cm³/mol. The average molecular weight is 178 g/mol. The number of aromatic hydroxyl groups is 1. The smallest absolute Gasteiger partial charge is 0.140 e. The van der Waals surface area contributed by atoms with Gasteiger partial charge in [-0.1, -0.05) is 6.07 Å². The Hall–Kier alpha value is -1.38. The highest BCUT2D eigenvalue weighted by Gasteiger charge is 2.16. The maximum Gasteiger partial charge on any atom is 0.140 e. The molecule has 1 aromatic carbocycles. The van der Waals surface area contributed by atoms with Crippen LogP contribution in [-0.2, 0) is 0 Å². The predicted octanol–water partition coefficient (Wildman–Crippen LogP) is 1.64. The van der Waals surface area contributed by atoms with Gasteiger partial charge in [0, 0.05) is 19.6 Å². The minimum Gasteiger partial charge on any atom is -0.506 e. The van der Waals surface area contributed by atoms with E-state index in [2.05, 4.69) is 17.1 Å². The lowest BCUT2D eigenvalue weighted by molar-refractivity contribution is 0.476. The lowest BCUT2D eigenvalue weighted by atomic mass is 10.2. The fourth-order valence-corrected chi connectivity index (χ4v) is 1.74. The SMILES string of the molecule is CCN1CCNc2c(O)cccc21. The van der Waals surface area contributed by atoms with Crippen LogP contribution in [-0.4, -0.2) is 24.7 Å². The number of anilines is 2. The molecule has 0 saturated carbocycles. The Balaban J connectivity index is 2.45. The van der Waals surface area contributed by atoms with E-state index in [1.807, 2.05) is 12.1 Å². The molecule has 0 aromatic heterocycles. The van der Waals surface area contributed by atoms with Crippen molar-refractivity contribution in [3.05, 3.63) is 18.2 Å². The van der Waals surface area contributed by atoms with Gasteiger partial charge in [-0.25, -0.2) is 0 Å². The molecule has 70 valence electrons. The van der Waals surface area contributed by atoms with Gasteiger partial charge >= 0.3 is 0 Å². The van der Waals surface area contributed by atoms with Gasteiger partial charge in [-0.05, 0) is 19.1 Å². The van der Waals surface area contributed by atoms with Gasteiger partial charge in [-0.3, -0.25) is 0 Å². The third-order valence-corrected chi connectivity index (χ3v) is 2.43. The van der Waals surface area contributed by atoms with Crippen LogP contribution in [0.5, 0.6) is 5.75 Å². The highest BCUT2D eigenvalue weighted by Crippen LogP contribution is 2.35. The second kappa shape index (κ2) is 3.17. The van der Waals surface area contributed by atoms with Crippen molar-refractivity contribution in [2.24, 2.45) is 0 Å². The number of benzene rings is 1. The number of fused-ring (bicyclic) bond motifs is 1. The zero-order chi connectivity index (χ0) is 9.26. The number of nitrogens with zero attached hydrogens (tertiary/aromatic N) is 1. The van der Waals surface area contributed by atoms with Gasteiger partial charge in [-0.15, -0.1) is 0 Å². The van der Waals surface area contributed by atoms with E-state index in [0.717, 1.165) is 31.0 Å². The molecule has 1 heterocycles. The van der Waals surface area contributed by atoms with Gasteiger partial charge in [0.1, 0.15) is 11.4 Å². The monoisotopic (exact) mass is 178 g/mol. The molecule has 0 saturated heterocycles. The molecule has 0 unspecified atom stereocenters. The molecule has 0 atom stereocenters. The minimum atomic E-state index is 0.343. The Morgan fingerprint density at radius 1 is 1.54 bits per heavy atom. The normalized spacial score (nSPS) is 15.0. The number of hydrogen-bond donors (Lipinski definition) is 2. The molecule has 0 amide bonds. The van der Waals surface area contributed by atoms with Crippen LogP contribution >= 0.6 is 0 Å². The number of para-hydroxylation sites is 1. The molecule has 2 N–H and O–H groups in total. The topological polar surface area (TPSA) is 35.5 Å². The van der Waals surface area contributed by atoms with Crippen molar-refractivity contribution >= 4 is 11.4 Å². The van der Waals surface area contributed by atoms with Crippen LogP contribution in [0.3, 0.4) is 0 Å². The van der Waals surface area contributed by atoms with Crippen molar-refractivity contribution in [1.82, 2.24) is 0 Å². The summed E-state index contributed by atoms with van der Waals surface area (Å²) < 4.78 is 0. The van der Waals surface area contributed by atoms with E-state index in [0.29, 0.717) is 5.75 Å². The quantitative estimate of drug-likeness (QED) is 0.642. The number of phenols is 1.